The van der Waals surface area contributed by atoms with Gasteiger partial charge in [0.25, 0.3) is 0 Å². The lowest BCUT2D eigenvalue weighted by atomic mass is 9.99. The average molecular weight is 288 g/mol. The Labute approximate surface area is 128 Å². The number of anilines is 2. The summed E-state index contributed by atoms with van der Waals surface area (Å²) in [7, 11) is 0. The smallest absolute Gasteiger partial charge is 0.224 e. The molecule has 1 fully saturated rings. The lowest BCUT2D eigenvalue weighted by molar-refractivity contribution is -0.116. The first-order chi connectivity index (χ1) is 10.1. The molecule has 21 heavy (non-hydrogen) atoms. The minimum atomic E-state index is 0.0992. The minimum absolute atomic E-state index is 0.0992. The highest BCUT2D eigenvalue weighted by Gasteiger charge is 2.20. The van der Waals surface area contributed by atoms with Gasteiger partial charge in [0, 0.05) is 30.4 Å². The van der Waals surface area contributed by atoms with Crippen LogP contribution in [0.3, 0.4) is 0 Å². The van der Waals surface area contributed by atoms with E-state index in [0.29, 0.717) is 18.4 Å². The molecule has 1 amide bonds. The van der Waals surface area contributed by atoms with Crippen molar-refractivity contribution >= 4 is 17.3 Å². The molecular weight excluding hydrogens is 260 g/mol. The van der Waals surface area contributed by atoms with Crippen LogP contribution in [0.2, 0.25) is 0 Å². The molecule has 0 radical (unpaired) electrons. The van der Waals surface area contributed by atoms with Crippen LogP contribution in [0.15, 0.2) is 24.3 Å². The third-order valence-corrected chi connectivity index (χ3v) is 4.17. The van der Waals surface area contributed by atoms with Crippen LogP contribution in [0, 0.1) is 5.92 Å². The summed E-state index contributed by atoms with van der Waals surface area (Å²) < 4.78 is 0. The van der Waals surface area contributed by atoms with Gasteiger partial charge in [-0.05, 0) is 55.9 Å². The average Bonchev–Trinajstić information content (AvgIpc) is 2.47. The number of amides is 1. The van der Waals surface area contributed by atoms with E-state index in [1.807, 2.05) is 12.1 Å². The summed E-state index contributed by atoms with van der Waals surface area (Å²) in [6.45, 7) is 7.54. The predicted molar refractivity (Wildman–Crippen MR) is 89.8 cm³/mol. The molecule has 0 bridgehead atoms. The number of piperidine rings is 1. The van der Waals surface area contributed by atoms with E-state index in [4.69, 9.17) is 0 Å². The van der Waals surface area contributed by atoms with E-state index in [1.165, 1.54) is 31.4 Å². The van der Waals surface area contributed by atoms with E-state index in [2.05, 4.69) is 43.1 Å². The highest BCUT2D eigenvalue weighted by Crippen LogP contribution is 2.27. The topological polar surface area (TPSA) is 32.3 Å². The monoisotopic (exact) mass is 288 g/mol. The Morgan fingerprint density at radius 2 is 2.00 bits per heavy atom. The molecule has 1 N–H and O–H groups in total. The van der Waals surface area contributed by atoms with E-state index in [1.54, 1.807) is 0 Å². The molecule has 0 aliphatic carbocycles. The second kappa shape index (κ2) is 7.48. The third kappa shape index (κ3) is 4.48. The number of nitrogens with zero attached hydrogens (tertiary/aromatic N) is 1. The first-order valence-electron chi connectivity index (χ1n) is 8.26. The molecular formula is C18H28N2O. The molecule has 1 aliphatic heterocycles. The molecule has 0 aromatic heterocycles. The van der Waals surface area contributed by atoms with Crippen molar-refractivity contribution in [3.05, 3.63) is 24.3 Å². The molecule has 0 spiro atoms. The van der Waals surface area contributed by atoms with Crippen LogP contribution in [0.4, 0.5) is 11.4 Å². The van der Waals surface area contributed by atoms with Gasteiger partial charge in [-0.2, -0.15) is 0 Å². The van der Waals surface area contributed by atoms with Crippen molar-refractivity contribution in [2.75, 3.05) is 16.8 Å². The van der Waals surface area contributed by atoms with Crippen LogP contribution in [0.1, 0.15) is 52.9 Å². The van der Waals surface area contributed by atoms with E-state index in [9.17, 15) is 4.79 Å². The molecule has 1 unspecified atom stereocenters. The number of carbonyl (C=O) groups excluding carboxylic acids is 1. The maximum absolute atomic E-state index is 11.8. The Morgan fingerprint density at radius 3 is 2.62 bits per heavy atom. The van der Waals surface area contributed by atoms with Gasteiger partial charge in [-0.25, -0.2) is 0 Å². The zero-order chi connectivity index (χ0) is 15.2. The van der Waals surface area contributed by atoms with Gasteiger partial charge in [-0.1, -0.05) is 20.8 Å². The molecule has 1 aromatic carbocycles. The zero-order valence-electron chi connectivity index (χ0n) is 13.6. The van der Waals surface area contributed by atoms with Crippen LogP contribution in [-0.4, -0.2) is 18.5 Å². The molecule has 3 heteroatoms. The van der Waals surface area contributed by atoms with Gasteiger partial charge in [0.1, 0.15) is 0 Å². The molecule has 0 saturated carbocycles. The maximum Gasteiger partial charge on any atom is 0.224 e. The fraction of sp³-hybridized carbons (Fsp3) is 0.611. The van der Waals surface area contributed by atoms with Gasteiger partial charge < -0.3 is 10.2 Å². The van der Waals surface area contributed by atoms with Gasteiger partial charge in [0.2, 0.25) is 5.91 Å². The van der Waals surface area contributed by atoms with Crippen molar-refractivity contribution in [3.8, 4) is 0 Å². The number of carbonyl (C=O) groups is 1. The predicted octanol–water partition coefficient (Wildman–Crippen LogP) is 4.44. The van der Waals surface area contributed by atoms with Crippen molar-refractivity contribution < 1.29 is 4.79 Å². The van der Waals surface area contributed by atoms with Crippen molar-refractivity contribution in [1.82, 2.24) is 0 Å². The molecule has 116 valence electrons. The number of hydrogen-bond acceptors (Lipinski definition) is 2. The molecule has 3 nitrogen and oxygen atoms in total. The second-order valence-corrected chi connectivity index (χ2v) is 6.44. The van der Waals surface area contributed by atoms with Crippen molar-refractivity contribution in [2.24, 2.45) is 5.92 Å². The Bertz CT molecular complexity index is 453. The summed E-state index contributed by atoms with van der Waals surface area (Å²) in [4.78, 5) is 14.3. The number of hydrogen-bond donors (Lipinski definition) is 1. The molecule has 1 aliphatic rings. The summed E-state index contributed by atoms with van der Waals surface area (Å²) in [6, 6.07) is 8.99. The molecule has 1 aromatic rings. The summed E-state index contributed by atoms with van der Waals surface area (Å²) >= 11 is 0. The zero-order valence-corrected chi connectivity index (χ0v) is 13.6. The van der Waals surface area contributed by atoms with E-state index < -0.39 is 0 Å². The summed E-state index contributed by atoms with van der Waals surface area (Å²) in [5, 5.41) is 2.97. The normalized spacial score (nSPS) is 18.9. The van der Waals surface area contributed by atoms with Gasteiger partial charge in [-0.15, -0.1) is 0 Å². The Kier molecular flexibility index (Phi) is 5.66. The summed E-state index contributed by atoms with van der Waals surface area (Å²) in [5.41, 5.74) is 2.18. The summed E-state index contributed by atoms with van der Waals surface area (Å²) in [5.74, 6) is 0.491. The lowest BCUT2D eigenvalue weighted by Crippen LogP contribution is -2.39. The van der Waals surface area contributed by atoms with Crippen LogP contribution < -0.4 is 10.2 Å². The van der Waals surface area contributed by atoms with Crippen molar-refractivity contribution in [1.29, 1.82) is 0 Å². The number of rotatable bonds is 5. The van der Waals surface area contributed by atoms with Crippen LogP contribution in [0.25, 0.3) is 0 Å². The summed E-state index contributed by atoms with van der Waals surface area (Å²) in [6.07, 6.45) is 5.70. The Balaban J connectivity index is 1.99. The number of benzene rings is 1. The molecule has 1 saturated heterocycles. The molecule has 1 heterocycles. The highest BCUT2D eigenvalue weighted by atomic mass is 16.1. The van der Waals surface area contributed by atoms with Gasteiger partial charge in [0.15, 0.2) is 0 Å². The van der Waals surface area contributed by atoms with Crippen molar-refractivity contribution in [3.63, 3.8) is 0 Å². The number of nitrogens with one attached hydrogen (secondary N) is 1. The fourth-order valence-corrected chi connectivity index (χ4v) is 3.08. The van der Waals surface area contributed by atoms with Crippen LogP contribution in [-0.2, 0) is 4.79 Å². The standard InChI is InChI=1S/C18H28N2O/c1-4-16-7-5-6-12-20(16)17-10-8-15(9-11-17)19-18(21)13-14(2)3/h8-11,14,16H,4-7,12-13H2,1-3H3,(H,19,21). The maximum atomic E-state index is 11.8. The van der Waals surface area contributed by atoms with Gasteiger partial charge in [0.05, 0.1) is 0 Å². The second-order valence-electron chi connectivity index (χ2n) is 6.44. The van der Waals surface area contributed by atoms with Crippen LogP contribution in [0.5, 0.6) is 0 Å². The SMILES string of the molecule is CCC1CCCCN1c1ccc(NC(=O)CC(C)C)cc1. The molecule has 1 atom stereocenters. The third-order valence-electron chi connectivity index (χ3n) is 4.17. The quantitative estimate of drug-likeness (QED) is 0.868. The Morgan fingerprint density at radius 1 is 1.29 bits per heavy atom. The first kappa shape index (κ1) is 15.9. The minimum Gasteiger partial charge on any atom is -0.369 e. The van der Waals surface area contributed by atoms with Crippen LogP contribution >= 0.6 is 0 Å². The van der Waals surface area contributed by atoms with E-state index >= 15 is 0 Å². The Hall–Kier alpha value is -1.51. The fourth-order valence-electron chi connectivity index (χ4n) is 3.08. The highest BCUT2D eigenvalue weighted by molar-refractivity contribution is 5.91. The largest absolute Gasteiger partial charge is 0.369 e. The first-order valence-corrected chi connectivity index (χ1v) is 8.26. The van der Waals surface area contributed by atoms with Crippen molar-refractivity contribution in [2.45, 2.75) is 58.9 Å². The van der Waals surface area contributed by atoms with Gasteiger partial charge >= 0.3 is 0 Å². The van der Waals surface area contributed by atoms with E-state index in [-0.39, 0.29) is 5.91 Å². The lowest BCUT2D eigenvalue weighted by Gasteiger charge is -2.37. The molecule has 2 rings (SSSR count). The van der Waals surface area contributed by atoms with Gasteiger partial charge in [-0.3, -0.25) is 4.79 Å². The van der Waals surface area contributed by atoms with E-state index in [0.717, 1.165) is 12.2 Å².